The summed E-state index contributed by atoms with van der Waals surface area (Å²) in [4.78, 5) is 4.49. The first kappa shape index (κ1) is 9.21. The van der Waals surface area contributed by atoms with E-state index in [1.807, 2.05) is 25.1 Å². The molecule has 74 valence electrons. The Kier molecular flexibility index (Phi) is 2.50. The van der Waals surface area contributed by atoms with Crippen molar-refractivity contribution in [3.05, 3.63) is 30.1 Å². The Hall–Kier alpha value is -1.35. The van der Waals surface area contributed by atoms with Gasteiger partial charge in [-0.25, -0.2) is 4.98 Å². The first-order valence-corrected chi connectivity index (χ1v) is 4.95. The lowest BCUT2D eigenvalue weighted by Gasteiger charge is -2.04. The summed E-state index contributed by atoms with van der Waals surface area (Å²) in [7, 11) is 0. The molecule has 0 saturated carbocycles. The minimum Gasteiger partial charge on any atom is -0.330 e. The Balaban J connectivity index is 2.45. The van der Waals surface area contributed by atoms with E-state index in [1.54, 1.807) is 0 Å². The van der Waals surface area contributed by atoms with E-state index in [0.29, 0.717) is 0 Å². The predicted molar refractivity (Wildman–Crippen MR) is 58.1 cm³/mol. The summed E-state index contributed by atoms with van der Waals surface area (Å²) in [5.41, 5.74) is 7.78. The number of nitrogens with zero attached hydrogens (tertiary/aromatic N) is 2. The lowest BCUT2D eigenvalue weighted by atomic mass is 10.3. The fourth-order valence-electron chi connectivity index (χ4n) is 1.73. The number of rotatable bonds is 3. The largest absolute Gasteiger partial charge is 0.330 e. The van der Waals surface area contributed by atoms with Gasteiger partial charge in [0.2, 0.25) is 0 Å². The summed E-state index contributed by atoms with van der Waals surface area (Å²) in [6.07, 6.45) is 1.00. The molecule has 0 aliphatic carbocycles. The Bertz CT molecular complexity index is 431. The van der Waals surface area contributed by atoms with Gasteiger partial charge in [0.15, 0.2) is 0 Å². The van der Waals surface area contributed by atoms with E-state index in [2.05, 4.69) is 15.6 Å². The maximum Gasteiger partial charge on any atom is 0.106 e. The van der Waals surface area contributed by atoms with Crippen molar-refractivity contribution in [3.63, 3.8) is 0 Å². The van der Waals surface area contributed by atoms with Crippen molar-refractivity contribution in [1.29, 1.82) is 0 Å². The van der Waals surface area contributed by atoms with E-state index in [4.69, 9.17) is 5.73 Å². The number of fused-ring (bicyclic) bond motifs is 1. The smallest absolute Gasteiger partial charge is 0.106 e. The summed E-state index contributed by atoms with van der Waals surface area (Å²) in [6.45, 7) is 3.73. The molecule has 0 atom stereocenters. The number of hydrogen-bond acceptors (Lipinski definition) is 2. The van der Waals surface area contributed by atoms with Crippen molar-refractivity contribution < 1.29 is 0 Å². The quantitative estimate of drug-likeness (QED) is 0.798. The monoisotopic (exact) mass is 189 g/mol. The van der Waals surface area contributed by atoms with Crippen LogP contribution in [0.2, 0.25) is 0 Å². The zero-order valence-electron chi connectivity index (χ0n) is 8.40. The predicted octanol–water partition coefficient (Wildman–Crippen LogP) is 1.69. The van der Waals surface area contributed by atoms with Crippen LogP contribution in [0, 0.1) is 6.92 Å². The molecule has 0 aliphatic heterocycles. The second-order valence-electron chi connectivity index (χ2n) is 3.44. The van der Waals surface area contributed by atoms with Crippen LogP contribution in [0.3, 0.4) is 0 Å². The maximum atomic E-state index is 5.51. The SMILES string of the molecule is Cc1nc2ccccc2n1CCCN. The molecule has 0 bridgehead atoms. The fourth-order valence-corrected chi connectivity index (χ4v) is 1.73. The molecule has 1 heterocycles. The zero-order chi connectivity index (χ0) is 9.97. The van der Waals surface area contributed by atoms with E-state index in [-0.39, 0.29) is 0 Å². The molecule has 0 amide bonds. The van der Waals surface area contributed by atoms with Crippen LogP contribution in [0.1, 0.15) is 12.2 Å². The number of para-hydroxylation sites is 2. The van der Waals surface area contributed by atoms with Gasteiger partial charge in [-0.1, -0.05) is 12.1 Å². The highest BCUT2D eigenvalue weighted by Gasteiger charge is 2.04. The third kappa shape index (κ3) is 1.51. The van der Waals surface area contributed by atoms with Crippen LogP contribution >= 0.6 is 0 Å². The molecule has 2 aromatic rings. The number of hydrogen-bond donors (Lipinski definition) is 1. The van der Waals surface area contributed by atoms with Gasteiger partial charge in [-0.2, -0.15) is 0 Å². The standard InChI is InChI=1S/C11H15N3/c1-9-13-10-5-2-3-6-11(10)14(9)8-4-7-12/h2-3,5-6H,4,7-8,12H2,1H3. The van der Waals surface area contributed by atoms with Crippen molar-refractivity contribution >= 4 is 11.0 Å². The molecule has 0 radical (unpaired) electrons. The summed E-state index contributed by atoms with van der Waals surface area (Å²) in [5, 5.41) is 0. The Labute approximate surface area is 83.6 Å². The minimum absolute atomic E-state index is 0.728. The maximum absolute atomic E-state index is 5.51. The molecule has 3 nitrogen and oxygen atoms in total. The van der Waals surface area contributed by atoms with Gasteiger partial charge in [0, 0.05) is 6.54 Å². The molecule has 0 fully saturated rings. The zero-order valence-corrected chi connectivity index (χ0v) is 8.40. The van der Waals surface area contributed by atoms with E-state index in [1.165, 1.54) is 5.52 Å². The van der Waals surface area contributed by atoms with Crippen LogP contribution in [-0.4, -0.2) is 16.1 Å². The van der Waals surface area contributed by atoms with Crippen molar-refractivity contribution in [2.45, 2.75) is 19.9 Å². The molecule has 2 N–H and O–H groups in total. The molecule has 2 rings (SSSR count). The van der Waals surface area contributed by atoms with E-state index in [9.17, 15) is 0 Å². The third-order valence-electron chi connectivity index (χ3n) is 2.43. The van der Waals surface area contributed by atoms with Gasteiger partial charge in [0.05, 0.1) is 11.0 Å². The number of aryl methyl sites for hydroxylation is 2. The molecule has 1 aromatic carbocycles. The van der Waals surface area contributed by atoms with Gasteiger partial charge in [-0.05, 0) is 32.0 Å². The summed E-state index contributed by atoms with van der Waals surface area (Å²) in [6, 6.07) is 8.21. The summed E-state index contributed by atoms with van der Waals surface area (Å²) in [5.74, 6) is 1.07. The van der Waals surface area contributed by atoms with Crippen molar-refractivity contribution in [1.82, 2.24) is 9.55 Å². The fraction of sp³-hybridized carbons (Fsp3) is 0.364. The highest BCUT2D eigenvalue weighted by atomic mass is 15.1. The van der Waals surface area contributed by atoms with Crippen molar-refractivity contribution in [3.8, 4) is 0 Å². The van der Waals surface area contributed by atoms with Gasteiger partial charge < -0.3 is 10.3 Å². The average molecular weight is 189 g/mol. The third-order valence-corrected chi connectivity index (χ3v) is 2.43. The van der Waals surface area contributed by atoms with Gasteiger partial charge in [0.25, 0.3) is 0 Å². The van der Waals surface area contributed by atoms with Crippen LogP contribution in [0.15, 0.2) is 24.3 Å². The van der Waals surface area contributed by atoms with Crippen LogP contribution < -0.4 is 5.73 Å². The molecule has 3 heteroatoms. The molecule has 0 unspecified atom stereocenters. The summed E-state index contributed by atoms with van der Waals surface area (Å²) < 4.78 is 2.22. The number of imidazole rings is 1. The molecule has 1 aromatic heterocycles. The second-order valence-corrected chi connectivity index (χ2v) is 3.44. The molecule has 0 spiro atoms. The van der Waals surface area contributed by atoms with Gasteiger partial charge >= 0.3 is 0 Å². The highest BCUT2D eigenvalue weighted by molar-refractivity contribution is 5.75. The number of benzene rings is 1. The molecule has 0 aliphatic rings. The van der Waals surface area contributed by atoms with Crippen molar-refractivity contribution in [2.75, 3.05) is 6.54 Å². The Morgan fingerprint density at radius 1 is 1.36 bits per heavy atom. The van der Waals surface area contributed by atoms with Crippen molar-refractivity contribution in [2.24, 2.45) is 5.73 Å². The normalized spacial score (nSPS) is 11.0. The molecular formula is C11H15N3. The minimum atomic E-state index is 0.728. The van der Waals surface area contributed by atoms with Gasteiger partial charge in [-0.3, -0.25) is 0 Å². The topological polar surface area (TPSA) is 43.8 Å². The van der Waals surface area contributed by atoms with Crippen LogP contribution in [0.25, 0.3) is 11.0 Å². The first-order chi connectivity index (χ1) is 6.83. The van der Waals surface area contributed by atoms with Gasteiger partial charge in [0.1, 0.15) is 5.82 Å². The lowest BCUT2D eigenvalue weighted by Crippen LogP contribution is -2.06. The van der Waals surface area contributed by atoms with Crippen LogP contribution in [-0.2, 0) is 6.54 Å². The molecular weight excluding hydrogens is 174 g/mol. The van der Waals surface area contributed by atoms with Crippen LogP contribution in [0.5, 0.6) is 0 Å². The van der Waals surface area contributed by atoms with Gasteiger partial charge in [-0.15, -0.1) is 0 Å². The number of aromatic nitrogens is 2. The first-order valence-electron chi connectivity index (χ1n) is 4.95. The number of nitrogens with two attached hydrogens (primary N) is 1. The molecule has 0 saturated heterocycles. The second kappa shape index (κ2) is 3.80. The highest BCUT2D eigenvalue weighted by Crippen LogP contribution is 2.15. The van der Waals surface area contributed by atoms with E-state index in [0.717, 1.165) is 30.9 Å². The van der Waals surface area contributed by atoms with E-state index >= 15 is 0 Å². The Morgan fingerprint density at radius 3 is 2.93 bits per heavy atom. The van der Waals surface area contributed by atoms with E-state index < -0.39 is 0 Å². The average Bonchev–Trinajstić information content (AvgIpc) is 2.51. The molecule has 14 heavy (non-hydrogen) atoms. The Morgan fingerprint density at radius 2 is 2.14 bits per heavy atom. The summed E-state index contributed by atoms with van der Waals surface area (Å²) >= 11 is 0. The van der Waals surface area contributed by atoms with Crippen LogP contribution in [0.4, 0.5) is 0 Å². The lowest BCUT2D eigenvalue weighted by molar-refractivity contribution is 0.649.